The van der Waals surface area contributed by atoms with E-state index in [2.05, 4.69) is 22.1 Å². The van der Waals surface area contributed by atoms with Crippen molar-refractivity contribution in [1.82, 2.24) is 4.90 Å². The van der Waals surface area contributed by atoms with Crippen molar-refractivity contribution in [3.05, 3.63) is 37.0 Å². The Morgan fingerprint density at radius 2 is 2.05 bits per heavy atom. The van der Waals surface area contributed by atoms with E-state index in [0.29, 0.717) is 6.42 Å². The minimum Gasteiger partial charge on any atom is -0.362 e. The maximum absolute atomic E-state index is 11.9. The Kier molecular flexibility index (Phi) is 4.98. The molecule has 1 amide bonds. The average molecular weight is 259 g/mol. The zero-order valence-electron chi connectivity index (χ0n) is 11.2. The van der Waals surface area contributed by atoms with Crippen molar-refractivity contribution in [2.45, 2.75) is 19.3 Å². The van der Waals surface area contributed by atoms with Crippen LogP contribution in [0.5, 0.6) is 0 Å². The molecule has 4 heteroatoms. The summed E-state index contributed by atoms with van der Waals surface area (Å²) in [6.07, 6.45) is 4.70. The maximum Gasteiger partial charge on any atom is 0.225 e. The summed E-state index contributed by atoms with van der Waals surface area (Å²) in [4.78, 5) is 14.2. The highest BCUT2D eigenvalue weighted by molar-refractivity contribution is 5.91. The van der Waals surface area contributed by atoms with E-state index in [4.69, 9.17) is 0 Å². The highest BCUT2D eigenvalue weighted by Crippen LogP contribution is 2.15. The second-order valence-corrected chi connectivity index (χ2v) is 4.78. The largest absolute Gasteiger partial charge is 0.362 e. The van der Waals surface area contributed by atoms with Crippen LogP contribution in [0.25, 0.3) is 0 Å². The molecule has 1 aliphatic rings. The van der Waals surface area contributed by atoms with Gasteiger partial charge in [-0.25, -0.2) is 0 Å². The molecule has 2 rings (SSSR count). The molecule has 0 unspecified atom stereocenters. The van der Waals surface area contributed by atoms with E-state index in [0.717, 1.165) is 31.0 Å². The molecule has 102 valence electrons. The van der Waals surface area contributed by atoms with Gasteiger partial charge in [0.25, 0.3) is 0 Å². The number of likely N-dealkylation sites (tertiary alicyclic amines) is 1. The monoisotopic (exact) mass is 259 g/mol. The first-order valence-corrected chi connectivity index (χ1v) is 6.77. The van der Waals surface area contributed by atoms with E-state index in [9.17, 15) is 4.79 Å². The van der Waals surface area contributed by atoms with Gasteiger partial charge < -0.3 is 15.5 Å². The number of nitrogens with zero attached hydrogens (tertiary/aromatic N) is 1. The normalized spacial score (nSPS) is 15.2. The number of anilines is 2. The lowest BCUT2D eigenvalue weighted by atomic mass is 10.2. The Morgan fingerprint density at radius 3 is 2.79 bits per heavy atom. The Balaban J connectivity index is 1.80. The number of benzene rings is 1. The predicted molar refractivity (Wildman–Crippen MR) is 79.2 cm³/mol. The van der Waals surface area contributed by atoms with Gasteiger partial charge in [0.15, 0.2) is 0 Å². The smallest absolute Gasteiger partial charge is 0.225 e. The Hall–Kier alpha value is -1.81. The second-order valence-electron chi connectivity index (χ2n) is 4.78. The number of carbonyl (C=O) groups excluding carboxylic acids is 1. The molecule has 0 aliphatic carbocycles. The third-order valence-electron chi connectivity index (χ3n) is 3.27. The highest BCUT2D eigenvalue weighted by atomic mass is 16.1. The van der Waals surface area contributed by atoms with Gasteiger partial charge in [0, 0.05) is 24.3 Å². The van der Waals surface area contributed by atoms with Crippen LogP contribution >= 0.6 is 0 Å². The summed E-state index contributed by atoms with van der Waals surface area (Å²) >= 11 is 0. The summed E-state index contributed by atoms with van der Waals surface area (Å²) in [5, 5.41) is 5.93. The topological polar surface area (TPSA) is 44.4 Å². The lowest BCUT2D eigenvalue weighted by Crippen LogP contribution is -2.25. The highest BCUT2D eigenvalue weighted by Gasteiger charge is 2.12. The minimum atomic E-state index is 0.0719. The zero-order valence-corrected chi connectivity index (χ0v) is 11.2. The first kappa shape index (κ1) is 13.6. The molecule has 4 nitrogen and oxygen atoms in total. The van der Waals surface area contributed by atoms with Crippen LogP contribution in [0.3, 0.4) is 0 Å². The van der Waals surface area contributed by atoms with E-state index in [1.54, 1.807) is 6.20 Å². The molecule has 1 aromatic rings. The summed E-state index contributed by atoms with van der Waals surface area (Å²) in [5.74, 6) is 0.0719. The first-order chi connectivity index (χ1) is 9.28. The van der Waals surface area contributed by atoms with Crippen molar-refractivity contribution in [2.75, 3.05) is 30.3 Å². The van der Waals surface area contributed by atoms with E-state index >= 15 is 0 Å². The molecule has 1 aromatic carbocycles. The van der Waals surface area contributed by atoms with Crippen LogP contribution in [0.15, 0.2) is 37.0 Å². The van der Waals surface area contributed by atoms with Crippen LogP contribution in [-0.4, -0.2) is 30.4 Å². The summed E-state index contributed by atoms with van der Waals surface area (Å²) in [6, 6.07) is 7.63. The summed E-state index contributed by atoms with van der Waals surface area (Å²) in [5.41, 5.74) is 1.74. The lowest BCUT2D eigenvalue weighted by Gasteiger charge is -2.14. The van der Waals surface area contributed by atoms with Crippen LogP contribution < -0.4 is 10.6 Å². The molecule has 2 N–H and O–H groups in total. The van der Waals surface area contributed by atoms with Crippen molar-refractivity contribution >= 4 is 17.3 Å². The molecule has 0 atom stereocenters. The molecular weight excluding hydrogens is 238 g/mol. The molecule has 19 heavy (non-hydrogen) atoms. The standard InChI is InChI=1S/C15H21N3O/c1-2-16-13-6-5-7-14(12-13)17-15(19)8-11-18-9-3-4-10-18/h2,5-7,12,16H,1,3-4,8-11H2,(H,17,19). The fourth-order valence-electron chi connectivity index (χ4n) is 2.29. The maximum atomic E-state index is 11.9. The second kappa shape index (κ2) is 6.95. The molecule has 0 bridgehead atoms. The van der Waals surface area contributed by atoms with Gasteiger partial charge in [-0.1, -0.05) is 12.6 Å². The average Bonchev–Trinajstić information content (AvgIpc) is 2.90. The number of nitrogens with one attached hydrogen (secondary N) is 2. The molecule has 0 spiro atoms. The summed E-state index contributed by atoms with van der Waals surface area (Å²) in [7, 11) is 0. The third-order valence-corrected chi connectivity index (χ3v) is 3.27. The molecule has 0 saturated carbocycles. The SMILES string of the molecule is C=CNc1cccc(NC(=O)CCN2CCCC2)c1. The van der Waals surface area contributed by atoms with Crippen LogP contribution in [0.2, 0.25) is 0 Å². The summed E-state index contributed by atoms with van der Waals surface area (Å²) in [6.45, 7) is 6.74. The van der Waals surface area contributed by atoms with Gasteiger partial charge in [0.2, 0.25) is 5.91 Å². The quantitative estimate of drug-likeness (QED) is 0.825. The number of rotatable bonds is 6. The van der Waals surface area contributed by atoms with Crippen molar-refractivity contribution in [3.63, 3.8) is 0 Å². The number of hydrogen-bond acceptors (Lipinski definition) is 3. The molecule has 1 fully saturated rings. The van der Waals surface area contributed by atoms with Crippen molar-refractivity contribution in [1.29, 1.82) is 0 Å². The van der Waals surface area contributed by atoms with Gasteiger partial charge in [-0.3, -0.25) is 4.79 Å². The molecule has 1 saturated heterocycles. The van der Waals surface area contributed by atoms with Gasteiger partial charge in [0.05, 0.1) is 0 Å². The number of carbonyl (C=O) groups is 1. The number of hydrogen-bond donors (Lipinski definition) is 2. The van der Waals surface area contributed by atoms with Gasteiger partial charge in [-0.15, -0.1) is 0 Å². The number of amides is 1. The zero-order chi connectivity index (χ0) is 13.5. The molecule has 1 heterocycles. The molecule has 0 aromatic heterocycles. The fourth-order valence-corrected chi connectivity index (χ4v) is 2.29. The van der Waals surface area contributed by atoms with Crippen molar-refractivity contribution in [3.8, 4) is 0 Å². The van der Waals surface area contributed by atoms with E-state index in [1.165, 1.54) is 12.8 Å². The molecular formula is C15H21N3O. The van der Waals surface area contributed by atoms with Gasteiger partial charge in [-0.2, -0.15) is 0 Å². The fraction of sp³-hybridized carbons (Fsp3) is 0.400. The van der Waals surface area contributed by atoms with Gasteiger partial charge in [0.1, 0.15) is 0 Å². The third kappa shape index (κ3) is 4.41. The Morgan fingerprint density at radius 1 is 1.32 bits per heavy atom. The van der Waals surface area contributed by atoms with Gasteiger partial charge in [-0.05, 0) is 50.3 Å². The van der Waals surface area contributed by atoms with Crippen LogP contribution in [0, 0.1) is 0 Å². The van der Waals surface area contributed by atoms with E-state index in [-0.39, 0.29) is 5.91 Å². The minimum absolute atomic E-state index is 0.0719. The molecule has 0 radical (unpaired) electrons. The van der Waals surface area contributed by atoms with Crippen molar-refractivity contribution < 1.29 is 4.79 Å². The van der Waals surface area contributed by atoms with E-state index in [1.807, 2.05) is 24.3 Å². The van der Waals surface area contributed by atoms with Gasteiger partial charge >= 0.3 is 0 Å². The Labute approximate surface area is 114 Å². The Bertz CT molecular complexity index is 439. The predicted octanol–water partition coefficient (Wildman–Crippen LogP) is 2.67. The van der Waals surface area contributed by atoms with Crippen LogP contribution in [-0.2, 0) is 4.79 Å². The van der Waals surface area contributed by atoms with Crippen molar-refractivity contribution in [2.24, 2.45) is 0 Å². The van der Waals surface area contributed by atoms with Crippen LogP contribution in [0.1, 0.15) is 19.3 Å². The van der Waals surface area contributed by atoms with Crippen LogP contribution in [0.4, 0.5) is 11.4 Å². The summed E-state index contributed by atoms with van der Waals surface area (Å²) < 4.78 is 0. The molecule has 1 aliphatic heterocycles. The first-order valence-electron chi connectivity index (χ1n) is 6.77. The van der Waals surface area contributed by atoms with E-state index < -0.39 is 0 Å². The lowest BCUT2D eigenvalue weighted by molar-refractivity contribution is -0.116.